The van der Waals surface area contributed by atoms with Crippen molar-refractivity contribution >= 4 is 43.6 Å². The quantitative estimate of drug-likeness (QED) is 0.434. The largest absolute Gasteiger partial charge is 0.298 e. The fourth-order valence-corrected chi connectivity index (χ4v) is 4.53. The predicted molar refractivity (Wildman–Crippen MR) is 124 cm³/mol. The van der Waals surface area contributed by atoms with Crippen LogP contribution in [-0.2, 0) is 6.54 Å². The molecule has 5 aromatic rings. The lowest BCUT2D eigenvalue weighted by atomic mass is 10.1. The molecule has 0 fully saturated rings. The van der Waals surface area contributed by atoms with E-state index in [9.17, 15) is 14.0 Å². The Morgan fingerprint density at radius 2 is 1.94 bits per heavy atom. The Kier molecular flexibility index (Phi) is 4.99. The summed E-state index contributed by atoms with van der Waals surface area (Å²) in [6.07, 6.45) is 1.59. The van der Waals surface area contributed by atoms with Crippen LogP contribution in [0.1, 0.15) is 21.5 Å². The van der Waals surface area contributed by atoms with Crippen molar-refractivity contribution in [2.24, 2.45) is 0 Å². The Morgan fingerprint density at radius 3 is 2.72 bits per heavy atom. The van der Waals surface area contributed by atoms with Crippen molar-refractivity contribution in [1.29, 1.82) is 0 Å². The third kappa shape index (κ3) is 3.65. The zero-order valence-corrected chi connectivity index (χ0v) is 17.8. The number of rotatable bonds is 4. The van der Waals surface area contributed by atoms with Crippen LogP contribution < -0.4 is 10.9 Å². The SMILES string of the molecule is Cc1cccc2sc(NC(=O)c3cc4cccnc4n(Cc4ccc(F)cc4)c3=O)nc12. The van der Waals surface area contributed by atoms with Gasteiger partial charge < -0.3 is 0 Å². The number of aromatic nitrogens is 3. The van der Waals surface area contributed by atoms with Gasteiger partial charge >= 0.3 is 0 Å². The first-order valence-corrected chi connectivity index (χ1v) is 10.7. The number of amides is 1. The lowest BCUT2D eigenvalue weighted by molar-refractivity contribution is 0.102. The van der Waals surface area contributed by atoms with Crippen LogP contribution in [0.5, 0.6) is 0 Å². The summed E-state index contributed by atoms with van der Waals surface area (Å²) >= 11 is 1.35. The Balaban J connectivity index is 1.56. The molecule has 6 nitrogen and oxygen atoms in total. The van der Waals surface area contributed by atoms with E-state index in [1.807, 2.05) is 25.1 Å². The van der Waals surface area contributed by atoms with Crippen LogP contribution >= 0.6 is 11.3 Å². The third-order valence-corrected chi connectivity index (χ3v) is 6.12. The topological polar surface area (TPSA) is 76.9 Å². The van der Waals surface area contributed by atoms with E-state index < -0.39 is 11.5 Å². The molecule has 0 aliphatic carbocycles. The van der Waals surface area contributed by atoms with Crippen molar-refractivity contribution in [1.82, 2.24) is 14.5 Å². The van der Waals surface area contributed by atoms with E-state index in [1.54, 1.807) is 36.5 Å². The first-order chi connectivity index (χ1) is 15.5. The molecule has 3 heterocycles. The van der Waals surface area contributed by atoms with E-state index in [0.29, 0.717) is 16.2 Å². The minimum atomic E-state index is -0.537. The number of aryl methyl sites for hydroxylation is 1. The summed E-state index contributed by atoms with van der Waals surface area (Å²) in [5.41, 5.74) is 2.52. The molecule has 0 radical (unpaired) electrons. The Labute approximate surface area is 186 Å². The van der Waals surface area contributed by atoms with Crippen LogP contribution in [0, 0.1) is 12.7 Å². The highest BCUT2D eigenvalue weighted by Crippen LogP contribution is 2.28. The first-order valence-electron chi connectivity index (χ1n) is 9.90. The van der Waals surface area contributed by atoms with Crippen molar-refractivity contribution in [3.05, 3.63) is 99.7 Å². The highest BCUT2D eigenvalue weighted by atomic mass is 32.1. The number of thiazole rings is 1. The predicted octanol–water partition coefficient (Wildman–Crippen LogP) is 4.75. The lowest BCUT2D eigenvalue weighted by Gasteiger charge is -2.12. The molecule has 158 valence electrons. The first kappa shape index (κ1) is 20.0. The maximum absolute atomic E-state index is 13.3. The van der Waals surface area contributed by atoms with Gasteiger partial charge in [-0.15, -0.1) is 0 Å². The van der Waals surface area contributed by atoms with E-state index in [4.69, 9.17) is 0 Å². The average molecular weight is 444 g/mol. The van der Waals surface area contributed by atoms with Gasteiger partial charge in [-0.3, -0.25) is 19.5 Å². The molecule has 8 heteroatoms. The molecule has 32 heavy (non-hydrogen) atoms. The van der Waals surface area contributed by atoms with Crippen LogP contribution in [0.15, 0.2) is 71.7 Å². The maximum atomic E-state index is 13.3. The number of anilines is 1. The van der Waals surface area contributed by atoms with E-state index in [2.05, 4.69) is 15.3 Å². The fourth-order valence-electron chi connectivity index (χ4n) is 3.59. The molecule has 2 aromatic carbocycles. The Hall–Kier alpha value is -3.91. The summed E-state index contributed by atoms with van der Waals surface area (Å²) in [6.45, 7) is 2.12. The number of fused-ring (bicyclic) bond motifs is 2. The minimum Gasteiger partial charge on any atom is -0.298 e. The molecule has 1 N–H and O–H groups in total. The van der Waals surface area contributed by atoms with Gasteiger partial charge in [0.2, 0.25) is 0 Å². The zero-order valence-electron chi connectivity index (χ0n) is 17.0. The van der Waals surface area contributed by atoms with E-state index >= 15 is 0 Å². The summed E-state index contributed by atoms with van der Waals surface area (Å²) in [5, 5.41) is 3.84. The van der Waals surface area contributed by atoms with Gasteiger partial charge in [0, 0.05) is 11.6 Å². The van der Waals surface area contributed by atoms with E-state index in [1.165, 1.54) is 28.0 Å². The van der Waals surface area contributed by atoms with E-state index in [-0.39, 0.29) is 17.9 Å². The second-order valence-electron chi connectivity index (χ2n) is 7.39. The van der Waals surface area contributed by atoms with Gasteiger partial charge in [0.1, 0.15) is 17.0 Å². The second kappa shape index (κ2) is 7.97. The Bertz CT molecular complexity index is 1540. The van der Waals surface area contributed by atoms with E-state index in [0.717, 1.165) is 21.3 Å². The summed E-state index contributed by atoms with van der Waals surface area (Å²) in [4.78, 5) is 35.2. The molecule has 3 aromatic heterocycles. The molecule has 0 aliphatic heterocycles. The molecule has 0 saturated carbocycles. The number of para-hydroxylation sites is 1. The lowest BCUT2D eigenvalue weighted by Crippen LogP contribution is -2.30. The van der Waals surface area contributed by atoms with Gasteiger partial charge in [-0.1, -0.05) is 35.6 Å². The molecular formula is C24H17FN4O2S. The molecule has 1 amide bonds. The monoisotopic (exact) mass is 444 g/mol. The van der Waals surface area contributed by atoms with Gasteiger partial charge in [0.25, 0.3) is 11.5 Å². The Morgan fingerprint density at radius 1 is 1.12 bits per heavy atom. The number of benzene rings is 2. The van der Waals surface area contributed by atoms with Crippen LogP contribution in [0.25, 0.3) is 21.3 Å². The number of hydrogen-bond acceptors (Lipinski definition) is 5. The second-order valence-corrected chi connectivity index (χ2v) is 8.42. The standard InChI is InChI=1S/C24H17FN4O2S/c1-14-4-2-6-19-20(14)27-24(32-19)28-22(30)18-12-16-5-3-11-26-21(16)29(23(18)31)13-15-7-9-17(25)10-8-15/h2-12H,13H2,1H3,(H,27,28,30). The molecule has 5 rings (SSSR count). The third-order valence-electron chi connectivity index (χ3n) is 5.19. The van der Waals surface area contributed by atoms with Crippen molar-refractivity contribution in [3.8, 4) is 0 Å². The van der Waals surface area contributed by atoms with Gasteiger partial charge in [-0.05, 0) is 54.4 Å². The number of hydrogen-bond donors (Lipinski definition) is 1. The molecule has 0 atom stereocenters. The maximum Gasteiger partial charge on any atom is 0.265 e. The van der Waals surface area contributed by atoms with Crippen molar-refractivity contribution in [2.75, 3.05) is 5.32 Å². The average Bonchev–Trinajstić information content (AvgIpc) is 3.20. The van der Waals surface area contributed by atoms with Crippen LogP contribution in [0.4, 0.5) is 9.52 Å². The summed E-state index contributed by atoms with van der Waals surface area (Å²) in [6, 6.07) is 16.8. The number of pyridine rings is 2. The molecule has 0 spiro atoms. The summed E-state index contributed by atoms with van der Waals surface area (Å²) < 4.78 is 15.7. The fraction of sp³-hybridized carbons (Fsp3) is 0.0833. The molecular weight excluding hydrogens is 427 g/mol. The number of carbonyl (C=O) groups is 1. The number of halogens is 1. The van der Waals surface area contributed by atoms with Crippen LogP contribution in [-0.4, -0.2) is 20.4 Å². The molecule has 0 bridgehead atoms. The number of nitrogens with one attached hydrogen (secondary N) is 1. The molecule has 0 aliphatic rings. The highest BCUT2D eigenvalue weighted by Gasteiger charge is 2.18. The van der Waals surface area contributed by atoms with Gasteiger partial charge in [-0.25, -0.2) is 14.4 Å². The van der Waals surface area contributed by atoms with Gasteiger partial charge in [-0.2, -0.15) is 0 Å². The van der Waals surface area contributed by atoms with Gasteiger partial charge in [0.05, 0.1) is 16.8 Å². The molecule has 0 unspecified atom stereocenters. The van der Waals surface area contributed by atoms with Crippen molar-refractivity contribution in [2.45, 2.75) is 13.5 Å². The summed E-state index contributed by atoms with van der Waals surface area (Å²) in [5.74, 6) is -0.895. The van der Waals surface area contributed by atoms with Crippen molar-refractivity contribution in [3.63, 3.8) is 0 Å². The number of carbonyl (C=O) groups excluding carboxylic acids is 1. The highest BCUT2D eigenvalue weighted by molar-refractivity contribution is 7.22. The number of nitrogens with zero attached hydrogens (tertiary/aromatic N) is 3. The van der Waals surface area contributed by atoms with Gasteiger partial charge in [0.15, 0.2) is 5.13 Å². The zero-order chi connectivity index (χ0) is 22.2. The molecule has 0 saturated heterocycles. The minimum absolute atomic E-state index is 0.0106. The van der Waals surface area contributed by atoms with Crippen LogP contribution in [0.3, 0.4) is 0 Å². The smallest absolute Gasteiger partial charge is 0.265 e. The van der Waals surface area contributed by atoms with Crippen molar-refractivity contribution < 1.29 is 9.18 Å². The summed E-state index contributed by atoms with van der Waals surface area (Å²) in [7, 11) is 0. The van der Waals surface area contributed by atoms with Crippen LogP contribution in [0.2, 0.25) is 0 Å². The normalized spacial score (nSPS) is 11.2.